The predicted octanol–water partition coefficient (Wildman–Crippen LogP) is 4.92. The molecule has 0 aliphatic carbocycles. The van der Waals surface area contributed by atoms with Gasteiger partial charge < -0.3 is 0 Å². The molecule has 0 saturated heterocycles. The molecule has 0 atom stereocenters. The van der Waals surface area contributed by atoms with Gasteiger partial charge in [-0.2, -0.15) is 0 Å². The van der Waals surface area contributed by atoms with E-state index in [-0.39, 0.29) is 5.82 Å². The molecule has 0 saturated carbocycles. The number of benzene rings is 2. The Balaban J connectivity index is 2.07. The Morgan fingerprint density at radius 2 is 1.65 bits per heavy atom. The molecular weight excluding hydrogens is 211 g/mol. The van der Waals surface area contributed by atoms with Crippen LogP contribution in [0.4, 0.5) is 4.39 Å². The Labute approximate surface area is 102 Å². The highest BCUT2D eigenvalue weighted by molar-refractivity contribution is 5.83. The lowest BCUT2D eigenvalue weighted by Crippen LogP contribution is -1.86. The van der Waals surface area contributed by atoms with Crippen LogP contribution in [0.15, 0.2) is 36.4 Å². The van der Waals surface area contributed by atoms with Crippen molar-refractivity contribution in [1.82, 2.24) is 0 Å². The molecule has 0 bridgehead atoms. The van der Waals surface area contributed by atoms with Crippen molar-refractivity contribution in [1.29, 1.82) is 0 Å². The van der Waals surface area contributed by atoms with Crippen LogP contribution < -0.4 is 0 Å². The Morgan fingerprint density at radius 3 is 2.47 bits per heavy atom. The molecule has 0 heterocycles. The second-order valence-corrected chi connectivity index (χ2v) is 4.49. The molecule has 0 spiro atoms. The molecular formula is C16H18F. The molecule has 2 aromatic rings. The summed E-state index contributed by atoms with van der Waals surface area (Å²) in [7, 11) is 0. The van der Waals surface area contributed by atoms with Gasteiger partial charge in [0.25, 0.3) is 0 Å². The molecule has 17 heavy (non-hydrogen) atoms. The SMILES string of the molecule is [CH2]CCCCCc1ccc2cc(F)ccc2c1. The van der Waals surface area contributed by atoms with Crippen LogP contribution in [0.25, 0.3) is 10.8 Å². The minimum absolute atomic E-state index is 0.166. The van der Waals surface area contributed by atoms with Gasteiger partial charge >= 0.3 is 0 Å². The first-order valence-electron chi connectivity index (χ1n) is 6.27. The van der Waals surface area contributed by atoms with Gasteiger partial charge in [-0.05, 0) is 41.3 Å². The van der Waals surface area contributed by atoms with Gasteiger partial charge in [0, 0.05) is 0 Å². The summed E-state index contributed by atoms with van der Waals surface area (Å²) in [5, 5.41) is 2.10. The molecule has 2 rings (SSSR count). The van der Waals surface area contributed by atoms with Gasteiger partial charge in [-0.3, -0.25) is 0 Å². The van der Waals surface area contributed by atoms with Crippen molar-refractivity contribution < 1.29 is 4.39 Å². The quantitative estimate of drug-likeness (QED) is 0.639. The van der Waals surface area contributed by atoms with E-state index in [0.29, 0.717) is 0 Å². The van der Waals surface area contributed by atoms with Gasteiger partial charge in [-0.1, -0.05) is 50.5 Å². The van der Waals surface area contributed by atoms with Crippen molar-refractivity contribution in [3.8, 4) is 0 Å². The van der Waals surface area contributed by atoms with Crippen LogP contribution in [0.5, 0.6) is 0 Å². The van der Waals surface area contributed by atoms with Crippen LogP contribution in [0.2, 0.25) is 0 Å². The zero-order valence-electron chi connectivity index (χ0n) is 10.1. The summed E-state index contributed by atoms with van der Waals surface area (Å²) in [4.78, 5) is 0. The van der Waals surface area contributed by atoms with E-state index in [1.807, 2.05) is 12.1 Å². The third-order valence-electron chi connectivity index (χ3n) is 3.08. The highest BCUT2D eigenvalue weighted by atomic mass is 19.1. The third-order valence-corrected chi connectivity index (χ3v) is 3.08. The van der Waals surface area contributed by atoms with E-state index in [1.165, 1.54) is 30.9 Å². The van der Waals surface area contributed by atoms with Crippen molar-refractivity contribution in [2.24, 2.45) is 0 Å². The summed E-state index contributed by atoms with van der Waals surface area (Å²) < 4.78 is 13.0. The zero-order valence-corrected chi connectivity index (χ0v) is 10.1. The summed E-state index contributed by atoms with van der Waals surface area (Å²) in [6.07, 6.45) is 5.79. The van der Waals surface area contributed by atoms with Crippen LogP contribution in [-0.4, -0.2) is 0 Å². The average Bonchev–Trinajstić information content (AvgIpc) is 2.35. The molecule has 1 radical (unpaired) electrons. The highest BCUT2D eigenvalue weighted by Gasteiger charge is 1.98. The van der Waals surface area contributed by atoms with Crippen LogP contribution in [0, 0.1) is 12.7 Å². The molecule has 0 unspecified atom stereocenters. The zero-order chi connectivity index (χ0) is 12.1. The van der Waals surface area contributed by atoms with E-state index in [4.69, 9.17) is 0 Å². The van der Waals surface area contributed by atoms with Gasteiger partial charge in [0.2, 0.25) is 0 Å². The molecule has 2 aromatic carbocycles. The fraction of sp³-hybridized carbons (Fsp3) is 0.312. The van der Waals surface area contributed by atoms with Crippen LogP contribution in [-0.2, 0) is 6.42 Å². The predicted molar refractivity (Wildman–Crippen MR) is 71.4 cm³/mol. The summed E-state index contributed by atoms with van der Waals surface area (Å²) in [6.45, 7) is 3.84. The standard InChI is InChI=1S/C16H18F/c1-2-3-4-5-6-13-7-8-15-12-16(17)10-9-14(15)11-13/h7-12H,1-6H2. The van der Waals surface area contributed by atoms with Crippen LogP contribution in [0.1, 0.15) is 31.2 Å². The lowest BCUT2D eigenvalue weighted by molar-refractivity contribution is 0.629. The van der Waals surface area contributed by atoms with Gasteiger partial charge in [0.15, 0.2) is 0 Å². The number of aryl methyl sites for hydroxylation is 1. The maximum absolute atomic E-state index is 13.0. The number of hydrogen-bond donors (Lipinski definition) is 0. The average molecular weight is 229 g/mol. The normalized spacial score (nSPS) is 10.9. The fourth-order valence-electron chi connectivity index (χ4n) is 2.10. The summed E-state index contributed by atoms with van der Waals surface area (Å²) >= 11 is 0. The third kappa shape index (κ3) is 3.29. The molecule has 1 heteroatoms. The topological polar surface area (TPSA) is 0 Å². The van der Waals surface area contributed by atoms with Gasteiger partial charge in [-0.15, -0.1) is 0 Å². The molecule has 0 aliphatic heterocycles. The lowest BCUT2D eigenvalue weighted by Gasteiger charge is -2.04. The Kier molecular flexibility index (Phi) is 4.13. The molecule has 0 aliphatic rings. The number of unbranched alkanes of at least 4 members (excludes halogenated alkanes) is 3. The summed E-state index contributed by atoms with van der Waals surface area (Å²) in [5.41, 5.74) is 1.34. The Morgan fingerprint density at radius 1 is 0.882 bits per heavy atom. The van der Waals surface area contributed by atoms with Crippen molar-refractivity contribution in [3.63, 3.8) is 0 Å². The van der Waals surface area contributed by atoms with Crippen molar-refractivity contribution in [2.45, 2.75) is 32.1 Å². The first-order chi connectivity index (χ1) is 8.29. The monoisotopic (exact) mass is 229 g/mol. The molecule has 0 fully saturated rings. The Bertz CT molecular complexity index is 488. The van der Waals surface area contributed by atoms with E-state index in [0.717, 1.165) is 23.6 Å². The second-order valence-electron chi connectivity index (χ2n) is 4.49. The minimum atomic E-state index is -0.166. The highest BCUT2D eigenvalue weighted by Crippen LogP contribution is 2.18. The summed E-state index contributed by atoms with van der Waals surface area (Å²) in [6, 6.07) is 11.2. The molecule has 0 nitrogen and oxygen atoms in total. The number of rotatable bonds is 5. The minimum Gasteiger partial charge on any atom is -0.207 e. The second kappa shape index (κ2) is 5.81. The van der Waals surface area contributed by atoms with E-state index in [2.05, 4.69) is 19.1 Å². The smallest absolute Gasteiger partial charge is 0.123 e. The van der Waals surface area contributed by atoms with Crippen molar-refractivity contribution in [3.05, 3.63) is 54.7 Å². The molecule has 89 valence electrons. The van der Waals surface area contributed by atoms with Crippen molar-refractivity contribution >= 4 is 10.8 Å². The van der Waals surface area contributed by atoms with Gasteiger partial charge in [-0.25, -0.2) is 4.39 Å². The van der Waals surface area contributed by atoms with E-state index in [9.17, 15) is 4.39 Å². The summed E-state index contributed by atoms with van der Waals surface area (Å²) in [5.74, 6) is -0.166. The van der Waals surface area contributed by atoms with Crippen LogP contribution >= 0.6 is 0 Å². The van der Waals surface area contributed by atoms with E-state index >= 15 is 0 Å². The first kappa shape index (κ1) is 12.1. The number of halogens is 1. The number of hydrogen-bond acceptors (Lipinski definition) is 0. The maximum Gasteiger partial charge on any atom is 0.123 e. The Hall–Kier alpha value is -1.37. The molecule has 0 amide bonds. The van der Waals surface area contributed by atoms with Gasteiger partial charge in [0.1, 0.15) is 5.82 Å². The lowest BCUT2D eigenvalue weighted by atomic mass is 10.0. The maximum atomic E-state index is 13.0. The largest absolute Gasteiger partial charge is 0.207 e. The molecule has 0 N–H and O–H groups in total. The fourth-order valence-corrected chi connectivity index (χ4v) is 2.10. The number of fused-ring (bicyclic) bond motifs is 1. The van der Waals surface area contributed by atoms with Gasteiger partial charge in [0.05, 0.1) is 0 Å². The van der Waals surface area contributed by atoms with Crippen LogP contribution in [0.3, 0.4) is 0 Å². The van der Waals surface area contributed by atoms with Crippen molar-refractivity contribution in [2.75, 3.05) is 0 Å². The molecule has 0 aromatic heterocycles. The van der Waals surface area contributed by atoms with E-state index < -0.39 is 0 Å². The first-order valence-corrected chi connectivity index (χ1v) is 6.27. The van der Waals surface area contributed by atoms with E-state index in [1.54, 1.807) is 6.07 Å².